The van der Waals surface area contributed by atoms with Crippen LogP contribution in [0.3, 0.4) is 0 Å². The molecule has 0 atom stereocenters. The van der Waals surface area contributed by atoms with E-state index in [9.17, 15) is 43.2 Å². The monoisotopic (exact) mass is 1610 g/mol. The lowest BCUT2D eigenvalue weighted by atomic mass is 9.97. The lowest BCUT2D eigenvalue weighted by Crippen LogP contribution is -2.33. The van der Waals surface area contributed by atoms with Crippen LogP contribution in [-0.4, -0.2) is 130 Å². The topological polar surface area (TPSA) is 317 Å². The van der Waals surface area contributed by atoms with Crippen LogP contribution in [0.15, 0.2) is 164 Å². The Bertz CT molecular complexity index is 3850. The van der Waals surface area contributed by atoms with E-state index in [1.807, 2.05) is 190 Å². The Morgan fingerprint density at radius 1 is 0.222 bits per heavy atom. The highest BCUT2D eigenvalue weighted by Gasteiger charge is 2.21. The van der Waals surface area contributed by atoms with E-state index in [0.29, 0.717) is 191 Å². The van der Waals surface area contributed by atoms with Crippen LogP contribution < -0.4 is 47.9 Å². The van der Waals surface area contributed by atoms with Crippen LogP contribution in [-0.2, 0) is 106 Å². The first-order chi connectivity index (χ1) is 56.0. The van der Waals surface area contributed by atoms with E-state index in [4.69, 9.17) is 28.4 Å². The SMILES string of the molecule is CC(C)(C)OC(=O)NCCCc1cc(CCCNC(=O)OCc2ccccc2)cc(C(=O)NCCCc2cc(CCCNC(=O)c3cc(CCCNC(=O)OCc4ccccc4)cc(CCCNC(=O)OC(C)(C)C)c3)cc(CCCNC(=O)c3cc(CCCNC(=O)OCc4ccccc4)cc(CCCNC(=O)OC(C)(C)C)c3)c2)c1. The standard InChI is InChI=1S/C93H123N9O15/c1-91(2,3)115-88(109)100-49-25-40-76-55-73(37-22-46-97-85(106)112-64-67-28-13-10-14-29-67)58-79(61-76)82(103)94-43-19-34-70-52-71(35-20-44-95-83(104)80-59-74(38-23-47-98-86(107)113-65-68-30-15-11-16-31-68)56-77(62-80)41-26-50-101-89(110)116-92(4,5)6)54-72(53-70)36-21-45-96-84(105)81-60-75(39-24-48-99-87(108)114-66-69-32-17-12-18-33-69)57-78(63-81)42-27-51-102-90(111)117-93(7,8)9/h10-18,28-33,52-63H,19-27,34-51,64-66H2,1-9H3,(H,94,103)(H,95,104)(H,96,105)(H,97,106)(H,98,107)(H,99,108)(H,100,109)(H,101,110)(H,102,111). The number of hydrogen-bond acceptors (Lipinski definition) is 15. The van der Waals surface area contributed by atoms with Gasteiger partial charge < -0.3 is 76.3 Å². The Hall–Kier alpha value is -11.4. The Kier molecular flexibility index (Phi) is 39.2. The zero-order valence-corrected chi connectivity index (χ0v) is 69.9. The molecule has 0 aliphatic rings. The third kappa shape index (κ3) is 40.1. The molecular formula is C93H123N9O15. The largest absolute Gasteiger partial charge is 0.445 e. The summed E-state index contributed by atoms with van der Waals surface area (Å²) in [7, 11) is 0. The van der Waals surface area contributed by atoms with Gasteiger partial charge in [0.05, 0.1) is 0 Å². The zero-order valence-electron chi connectivity index (χ0n) is 69.9. The molecular weight excluding hydrogens is 1480 g/mol. The number of amides is 9. The van der Waals surface area contributed by atoms with Crippen LogP contribution in [0.25, 0.3) is 0 Å². The minimum atomic E-state index is -0.639. The van der Waals surface area contributed by atoms with Crippen LogP contribution in [0.5, 0.6) is 0 Å². The molecule has 7 rings (SSSR count). The molecule has 117 heavy (non-hydrogen) atoms. The van der Waals surface area contributed by atoms with Crippen molar-refractivity contribution < 1.29 is 71.6 Å². The fourth-order valence-corrected chi connectivity index (χ4v) is 12.8. The predicted octanol–water partition coefficient (Wildman–Crippen LogP) is 15.7. The molecule has 7 aromatic rings. The quantitative estimate of drug-likeness (QED) is 0.0127. The summed E-state index contributed by atoms with van der Waals surface area (Å²) in [6, 6.07) is 52.4. The maximum atomic E-state index is 14.2. The minimum Gasteiger partial charge on any atom is -0.445 e. The summed E-state index contributed by atoms with van der Waals surface area (Å²) < 4.78 is 32.5. The van der Waals surface area contributed by atoms with Crippen molar-refractivity contribution >= 4 is 54.3 Å². The Morgan fingerprint density at radius 3 is 0.581 bits per heavy atom. The van der Waals surface area contributed by atoms with Crippen molar-refractivity contribution in [3.63, 3.8) is 0 Å². The van der Waals surface area contributed by atoms with Gasteiger partial charge in [-0.2, -0.15) is 0 Å². The van der Waals surface area contributed by atoms with Gasteiger partial charge in [-0.1, -0.05) is 127 Å². The van der Waals surface area contributed by atoms with Gasteiger partial charge in [0, 0.05) is 75.6 Å². The van der Waals surface area contributed by atoms with Crippen LogP contribution in [0.2, 0.25) is 0 Å². The minimum absolute atomic E-state index is 0.155. The van der Waals surface area contributed by atoms with Gasteiger partial charge in [0.15, 0.2) is 0 Å². The first-order valence-corrected chi connectivity index (χ1v) is 41.1. The fourth-order valence-electron chi connectivity index (χ4n) is 12.8. The van der Waals surface area contributed by atoms with E-state index in [-0.39, 0.29) is 37.5 Å². The summed E-state index contributed by atoms with van der Waals surface area (Å²) in [6.07, 6.45) is 7.83. The number of ether oxygens (including phenoxy) is 6. The van der Waals surface area contributed by atoms with E-state index in [0.717, 1.165) is 66.8 Å². The van der Waals surface area contributed by atoms with E-state index in [1.54, 1.807) is 0 Å². The molecule has 0 aliphatic carbocycles. The molecule has 0 saturated carbocycles. The summed E-state index contributed by atoms with van der Waals surface area (Å²) >= 11 is 0. The molecule has 0 spiro atoms. The van der Waals surface area contributed by atoms with Gasteiger partial charge in [0.2, 0.25) is 0 Å². The summed E-state index contributed by atoms with van der Waals surface area (Å²) in [5, 5.41) is 26.5. The second-order valence-corrected chi connectivity index (χ2v) is 32.2. The van der Waals surface area contributed by atoms with E-state index in [1.165, 1.54) is 0 Å². The summed E-state index contributed by atoms with van der Waals surface area (Å²) in [4.78, 5) is 118. The first-order valence-electron chi connectivity index (χ1n) is 41.1. The normalized spacial score (nSPS) is 11.3. The molecule has 9 amide bonds. The van der Waals surface area contributed by atoms with Gasteiger partial charge >= 0.3 is 36.6 Å². The Labute approximate surface area is 690 Å². The van der Waals surface area contributed by atoms with Crippen LogP contribution >= 0.6 is 0 Å². The van der Waals surface area contributed by atoms with Gasteiger partial charge in [0.25, 0.3) is 17.7 Å². The maximum absolute atomic E-state index is 14.2. The molecule has 0 heterocycles. The second kappa shape index (κ2) is 49.5. The molecule has 0 aliphatic heterocycles. The number of carbonyl (C=O) groups is 9. The smallest absolute Gasteiger partial charge is 0.407 e. The third-order valence-corrected chi connectivity index (χ3v) is 18.1. The van der Waals surface area contributed by atoms with Crippen LogP contribution in [0, 0.1) is 0 Å². The Morgan fingerprint density at radius 2 is 0.393 bits per heavy atom. The number of rotatable bonds is 45. The first kappa shape index (κ1) is 92.7. The van der Waals surface area contributed by atoms with Crippen molar-refractivity contribution in [1.29, 1.82) is 0 Å². The molecule has 0 saturated heterocycles. The van der Waals surface area contributed by atoms with Gasteiger partial charge in [0.1, 0.15) is 36.6 Å². The van der Waals surface area contributed by atoms with Crippen molar-refractivity contribution in [3.05, 3.63) is 247 Å². The highest BCUT2D eigenvalue weighted by atomic mass is 16.6. The van der Waals surface area contributed by atoms with E-state index in [2.05, 4.69) is 84.2 Å². The lowest BCUT2D eigenvalue weighted by Gasteiger charge is -2.19. The zero-order chi connectivity index (χ0) is 84.3. The number of carbonyl (C=O) groups excluding carboxylic acids is 9. The summed E-state index contributed by atoms with van der Waals surface area (Å²) in [6.45, 7) is 20.1. The molecule has 0 aromatic heterocycles. The molecule has 630 valence electrons. The van der Waals surface area contributed by atoms with Crippen molar-refractivity contribution in [1.82, 2.24) is 47.9 Å². The van der Waals surface area contributed by atoms with Gasteiger partial charge in [-0.15, -0.1) is 0 Å². The van der Waals surface area contributed by atoms with Gasteiger partial charge in [-0.3, -0.25) is 14.4 Å². The van der Waals surface area contributed by atoms with Gasteiger partial charge in [-0.05, 0) is 281 Å². The Balaban J connectivity index is 1.02. The van der Waals surface area contributed by atoms with Crippen LogP contribution in [0.4, 0.5) is 28.8 Å². The number of nitrogens with one attached hydrogen (secondary N) is 9. The molecule has 24 nitrogen and oxygen atoms in total. The second-order valence-electron chi connectivity index (χ2n) is 32.2. The molecule has 0 unspecified atom stereocenters. The van der Waals surface area contributed by atoms with Crippen molar-refractivity contribution in [2.24, 2.45) is 0 Å². The summed E-state index contributed by atoms with van der Waals surface area (Å²) in [5.41, 5.74) is 11.0. The van der Waals surface area contributed by atoms with Crippen molar-refractivity contribution in [2.75, 3.05) is 58.9 Å². The van der Waals surface area contributed by atoms with Crippen LogP contribution in [0.1, 0.15) is 218 Å². The molecule has 0 bridgehead atoms. The molecule has 0 fully saturated rings. The van der Waals surface area contributed by atoms with Crippen molar-refractivity contribution in [3.8, 4) is 0 Å². The molecule has 24 heteroatoms. The van der Waals surface area contributed by atoms with Gasteiger partial charge in [-0.25, -0.2) is 28.8 Å². The number of hydrogen-bond donors (Lipinski definition) is 9. The summed E-state index contributed by atoms with van der Waals surface area (Å²) in [5.74, 6) is -0.681. The lowest BCUT2D eigenvalue weighted by molar-refractivity contribution is 0.0515. The number of alkyl carbamates (subject to hydrolysis) is 6. The van der Waals surface area contributed by atoms with E-state index < -0.39 is 53.4 Å². The number of benzene rings is 7. The molecule has 7 aromatic carbocycles. The highest BCUT2D eigenvalue weighted by molar-refractivity contribution is 5.96. The average molecular weight is 1610 g/mol. The van der Waals surface area contributed by atoms with E-state index >= 15 is 0 Å². The fraction of sp³-hybridized carbons (Fsp3) is 0.452. The molecule has 0 radical (unpaired) electrons. The highest BCUT2D eigenvalue weighted by Crippen LogP contribution is 2.22. The van der Waals surface area contributed by atoms with Crippen molar-refractivity contribution in [2.45, 2.75) is 215 Å². The number of aryl methyl sites for hydroxylation is 9. The average Bonchev–Trinajstić information content (AvgIpc) is 0.859. The predicted molar refractivity (Wildman–Crippen MR) is 454 cm³/mol. The third-order valence-electron chi connectivity index (χ3n) is 18.1. The molecule has 9 N–H and O–H groups in total. The maximum Gasteiger partial charge on any atom is 0.407 e.